The molecule has 0 saturated heterocycles. The van der Waals surface area contributed by atoms with Crippen molar-refractivity contribution in [3.05, 3.63) is 24.3 Å². The highest BCUT2D eigenvalue weighted by atomic mass is 16.1. The van der Waals surface area contributed by atoms with Gasteiger partial charge in [0.15, 0.2) is 0 Å². The second kappa shape index (κ2) is 7.43. The Hall–Kier alpha value is -0.850. The molecule has 0 aliphatic heterocycles. The van der Waals surface area contributed by atoms with Crippen LogP contribution in [0, 0.1) is 17.8 Å². The van der Waals surface area contributed by atoms with Crippen molar-refractivity contribution >= 4 is 6.29 Å². The van der Waals surface area contributed by atoms with E-state index < -0.39 is 0 Å². The molecule has 0 rings (SSSR count). The Labute approximate surface area is 101 Å². The number of carbonyl (C=O) groups is 1. The van der Waals surface area contributed by atoms with Crippen molar-refractivity contribution in [1.82, 2.24) is 0 Å². The monoisotopic (exact) mass is 222 g/mol. The summed E-state index contributed by atoms with van der Waals surface area (Å²) in [5, 5.41) is 0. The van der Waals surface area contributed by atoms with E-state index in [-0.39, 0.29) is 5.92 Å². The normalized spacial score (nSPS) is 11.2. The molecule has 1 heteroatoms. The predicted molar refractivity (Wildman–Crippen MR) is 71.4 cm³/mol. The van der Waals surface area contributed by atoms with Crippen LogP contribution in [0.25, 0.3) is 0 Å². The van der Waals surface area contributed by atoms with Crippen LogP contribution in [0.15, 0.2) is 24.3 Å². The standard InChI is InChI=1S/C15H26O/c1-11(2)9-13(5)15(7-8-16)14(6)10-12(3)4/h8,11-12,15H,5-7,9-10H2,1-4H3. The highest BCUT2D eigenvalue weighted by Gasteiger charge is 2.17. The number of hydrogen-bond donors (Lipinski definition) is 0. The van der Waals surface area contributed by atoms with Crippen LogP contribution in [0.3, 0.4) is 0 Å². The van der Waals surface area contributed by atoms with Crippen LogP contribution < -0.4 is 0 Å². The Balaban J connectivity index is 4.52. The van der Waals surface area contributed by atoms with Crippen LogP contribution in [-0.2, 0) is 4.79 Å². The smallest absolute Gasteiger partial charge is 0.120 e. The molecule has 0 aliphatic carbocycles. The molecular weight excluding hydrogens is 196 g/mol. The van der Waals surface area contributed by atoms with Crippen LogP contribution in [-0.4, -0.2) is 6.29 Å². The first-order chi connectivity index (χ1) is 7.38. The van der Waals surface area contributed by atoms with E-state index in [4.69, 9.17) is 0 Å². The zero-order valence-corrected chi connectivity index (χ0v) is 11.3. The van der Waals surface area contributed by atoms with Gasteiger partial charge in [0, 0.05) is 12.3 Å². The van der Waals surface area contributed by atoms with Crippen molar-refractivity contribution in [2.75, 3.05) is 0 Å². The lowest BCUT2D eigenvalue weighted by atomic mass is 9.82. The molecule has 0 amide bonds. The molecule has 92 valence electrons. The molecule has 0 bridgehead atoms. The summed E-state index contributed by atoms with van der Waals surface area (Å²) in [7, 11) is 0. The van der Waals surface area contributed by atoms with Gasteiger partial charge < -0.3 is 4.79 Å². The van der Waals surface area contributed by atoms with Crippen molar-refractivity contribution in [2.24, 2.45) is 17.8 Å². The topological polar surface area (TPSA) is 17.1 Å². The molecule has 0 atom stereocenters. The highest BCUT2D eigenvalue weighted by Crippen LogP contribution is 2.29. The Morgan fingerprint density at radius 1 is 1.00 bits per heavy atom. The average Bonchev–Trinajstić information content (AvgIpc) is 2.11. The van der Waals surface area contributed by atoms with Crippen molar-refractivity contribution < 1.29 is 4.79 Å². The summed E-state index contributed by atoms with van der Waals surface area (Å²) in [6, 6.07) is 0. The zero-order chi connectivity index (χ0) is 12.7. The molecule has 0 aliphatic rings. The fourth-order valence-corrected chi connectivity index (χ4v) is 2.05. The first kappa shape index (κ1) is 15.2. The van der Waals surface area contributed by atoms with Gasteiger partial charge in [-0.1, -0.05) is 52.0 Å². The molecule has 16 heavy (non-hydrogen) atoms. The number of aldehydes is 1. The third-order valence-electron chi connectivity index (χ3n) is 2.66. The maximum atomic E-state index is 10.7. The highest BCUT2D eigenvalue weighted by molar-refractivity contribution is 5.52. The number of allylic oxidation sites excluding steroid dienone is 2. The molecule has 0 spiro atoms. The summed E-state index contributed by atoms with van der Waals surface area (Å²) in [4.78, 5) is 10.7. The van der Waals surface area contributed by atoms with Gasteiger partial charge >= 0.3 is 0 Å². The van der Waals surface area contributed by atoms with Gasteiger partial charge in [-0.2, -0.15) is 0 Å². The Morgan fingerprint density at radius 2 is 1.38 bits per heavy atom. The summed E-state index contributed by atoms with van der Waals surface area (Å²) in [5.74, 6) is 1.37. The third kappa shape index (κ3) is 5.89. The fraction of sp³-hybridized carbons (Fsp3) is 0.667. The molecule has 0 heterocycles. The minimum atomic E-state index is 0.183. The molecule has 0 fully saturated rings. The SMILES string of the molecule is C=C(CC(C)C)C(CC=O)C(=C)CC(C)C. The Morgan fingerprint density at radius 3 is 1.62 bits per heavy atom. The molecule has 0 aromatic carbocycles. The van der Waals surface area contributed by atoms with E-state index in [0.717, 1.165) is 30.3 Å². The average molecular weight is 222 g/mol. The van der Waals surface area contributed by atoms with Gasteiger partial charge in [0.2, 0.25) is 0 Å². The van der Waals surface area contributed by atoms with Gasteiger partial charge in [-0.25, -0.2) is 0 Å². The Kier molecular flexibility index (Phi) is 7.03. The minimum Gasteiger partial charge on any atom is -0.303 e. The second-order valence-electron chi connectivity index (χ2n) is 5.47. The van der Waals surface area contributed by atoms with E-state index in [9.17, 15) is 4.79 Å². The molecule has 0 aromatic rings. The summed E-state index contributed by atoms with van der Waals surface area (Å²) in [5.41, 5.74) is 2.32. The van der Waals surface area contributed by atoms with Crippen molar-refractivity contribution in [3.8, 4) is 0 Å². The molecule has 1 nitrogen and oxygen atoms in total. The third-order valence-corrected chi connectivity index (χ3v) is 2.66. The van der Waals surface area contributed by atoms with Crippen molar-refractivity contribution in [1.29, 1.82) is 0 Å². The quantitative estimate of drug-likeness (QED) is 0.439. The molecular formula is C15H26O. The summed E-state index contributed by atoms with van der Waals surface area (Å²) in [6.45, 7) is 16.9. The number of carbonyl (C=O) groups excluding carboxylic acids is 1. The lowest BCUT2D eigenvalue weighted by Gasteiger charge is -2.22. The maximum Gasteiger partial charge on any atom is 0.120 e. The minimum absolute atomic E-state index is 0.183. The van der Waals surface area contributed by atoms with Crippen LogP contribution in [0.1, 0.15) is 47.0 Å². The fourth-order valence-electron chi connectivity index (χ4n) is 2.05. The van der Waals surface area contributed by atoms with Crippen LogP contribution in [0.4, 0.5) is 0 Å². The van der Waals surface area contributed by atoms with Crippen LogP contribution in [0.5, 0.6) is 0 Å². The first-order valence-electron chi connectivity index (χ1n) is 6.17. The zero-order valence-electron chi connectivity index (χ0n) is 11.3. The predicted octanol–water partition coefficient (Wildman–Crippen LogP) is 4.40. The van der Waals surface area contributed by atoms with Gasteiger partial charge in [-0.15, -0.1) is 0 Å². The summed E-state index contributed by atoms with van der Waals surface area (Å²) >= 11 is 0. The van der Waals surface area contributed by atoms with E-state index in [1.54, 1.807) is 0 Å². The van der Waals surface area contributed by atoms with E-state index in [0.29, 0.717) is 18.3 Å². The van der Waals surface area contributed by atoms with E-state index >= 15 is 0 Å². The van der Waals surface area contributed by atoms with Gasteiger partial charge in [0.1, 0.15) is 6.29 Å². The van der Waals surface area contributed by atoms with E-state index in [1.807, 2.05) is 0 Å². The molecule has 0 unspecified atom stereocenters. The maximum absolute atomic E-state index is 10.7. The van der Waals surface area contributed by atoms with Crippen molar-refractivity contribution in [2.45, 2.75) is 47.0 Å². The van der Waals surface area contributed by atoms with Crippen molar-refractivity contribution in [3.63, 3.8) is 0 Å². The molecule has 0 N–H and O–H groups in total. The first-order valence-corrected chi connectivity index (χ1v) is 6.17. The lowest BCUT2D eigenvalue weighted by molar-refractivity contribution is -0.108. The Bertz CT molecular complexity index is 226. The number of hydrogen-bond acceptors (Lipinski definition) is 1. The van der Waals surface area contributed by atoms with Gasteiger partial charge in [0.25, 0.3) is 0 Å². The van der Waals surface area contributed by atoms with Gasteiger partial charge in [-0.3, -0.25) is 0 Å². The summed E-state index contributed by atoms with van der Waals surface area (Å²) in [6.07, 6.45) is 3.49. The van der Waals surface area contributed by atoms with E-state index in [2.05, 4.69) is 40.9 Å². The van der Waals surface area contributed by atoms with Crippen LogP contribution in [0.2, 0.25) is 0 Å². The van der Waals surface area contributed by atoms with E-state index in [1.165, 1.54) is 0 Å². The number of rotatable bonds is 8. The molecule has 0 radical (unpaired) electrons. The molecule has 0 saturated carbocycles. The molecule has 0 aromatic heterocycles. The van der Waals surface area contributed by atoms with Gasteiger partial charge in [0.05, 0.1) is 0 Å². The largest absolute Gasteiger partial charge is 0.303 e. The second-order valence-corrected chi connectivity index (χ2v) is 5.47. The lowest BCUT2D eigenvalue weighted by Crippen LogP contribution is -2.11. The van der Waals surface area contributed by atoms with Crippen LogP contribution >= 0.6 is 0 Å². The van der Waals surface area contributed by atoms with Gasteiger partial charge in [-0.05, 0) is 24.7 Å². The summed E-state index contributed by atoms with van der Waals surface area (Å²) < 4.78 is 0.